The largest absolute Gasteiger partial charge is 0.457 e. The SMILES string of the molecule is Nc1nc(CCl)nc(Nc2ccc(Oc3ccccc3)cc2)n1. The van der Waals surface area contributed by atoms with E-state index in [4.69, 9.17) is 22.1 Å². The van der Waals surface area contributed by atoms with Gasteiger partial charge in [-0.15, -0.1) is 11.6 Å². The molecule has 7 heteroatoms. The fourth-order valence-electron chi connectivity index (χ4n) is 1.91. The quantitative estimate of drug-likeness (QED) is 0.694. The Morgan fingerprint density at radius 1 is 0.913 bits per heavy atom. The highest BCUT2D eigenvalue weighted by Crippen LogP contribution is 2.23. The predicted molar refractivity (Wildman–Crippen MR) is 90.0 cm³/mol. The Hall–Kier alpha value is -2.86. The van der Waals surface area contributed by atoms with E-state index in [0.717, 1.165) is 17.2 Å². The minimum atomic E-state index is 0.127. The number of nitrogens with zero attached hydrogens (tertiary/aromatic N) is 3. The van der Waals surface area contributed by atoms with E-state index in [9.17, 15) is 0 Å². The van der Waals surface area contributed by atoms with Crippen molar-refractivity contribution in [1.29, 1.82) is 0 Å². The second-order valence-corrected chi connectivity index (χ2v) is 4.90. The summed E-state index contributed by atoms with van der Waals surface area (Å²) in [6.45, 7) is 0. The third-order valence-corrected chi connectivity index (χ3v) is 3.15. The van der Waals surface area contributed by atoms with Crippen LogP contribution in [0.2, 0.25) is 0 Å². The van der Waals surface area contributed by atoms with Gasteiger partial charge in [0.25, 0.3) is 0 Å². The van der Waals surface area contributed by atoms with E-state index in [0.29, 0.717) is 11.8 Å². The van der Waals surface area contributed by atoms with Gasteiger partial charge in [-0.3, -0.25) is 0 Å². The van der Waals surface area contributed by atoms with Crippen LogP contribution in [0.3, 0.4) is 0 Å². The van der Waals surface area contributed by atoms with E-state index in [1.54, 1.807) is 0 Å². The molecule has 0 aliphatic heterocycles. The van der Waals surface area contributed by atoms with Crippen molar-refractivity contribution in [3.8, 4) is 11.5 Å². The molecule has 0 aliphatic rings. The number of halogens is 1. The molecule has 0 bridgehead atoms. The molecule has 0 aliphatic carbocycles. The minimum Gasteiger partial charge on any atom is -0.457 e. The van der Waals surface area contributed by atoms with Crippen LogP contribution < -0.4 is 15.8 Å². The summed E-state index contributed by atoms with van der Waals surface area (Å²) < 4.78 is 5.73. The molecule has 0 atom stereocenters. The molecule has 116 valence electrons. The third kappa shape index (κ3) is 4.08. The van der Waals surface area contributed by atoms with Crippen molar-refractivity contribution >= 4 is 29.2 Å². The van der Waals surface area contributed by atoms with E-state index in [1.165, 1.54) is 0 Å². The first-order valence-electron chi connectivity index (χ1n) is 6.89. The molecule has 3 rings (SSSR count). The molecule has 0 fully saturated rings. The van der Waals surface area contributed by atoms with E-state index in [2.05, 4.69) is 20.3 Å². The Balaban J connectivity index is 1.71. The molecule has 0 saturated heterocycles. The number of hydrogen-bond acceptors (Lipinski definition) is 6. The van der Waals surface area contributed by atoms with Crippen molar-refractivity contribution in [1.82, 2.24) is 15.0 Å². The first kappa shape index (κ1) is 15.1. The lowest BCUT2D eigenvalue weighted by atomic mass is 10.3. The van der Waals surface area contributed by atoms with Gasteiger partial charge in [0.1, 0.15) is 11.5 Å². The maximum absolute atomic E-state index is 5.73. The molecule has 1 aromatic heterocycles. The van der Waals surface area contributed by atoms with Crippen LogP contribution in [0.5, 0.6) is 11.5 Å². The zero-order valence-corrected chi connectivity index (χ0v) is 12.9. The summed E-state index contributed by atoms with van der Waals surface area (Å²) in [6, 6.07) is 17.0. The molecule has 6 nitrogen and oxygen atoms in total. The zero-order valence-electron chi connectivity index (χ0n) is 12.1. The van der Waals surface area contributed by atoms with Crippen LogP contribution in [0, 0.1) is 0 Å². The van der Waals surface area contributed by atoms with Crippen LogP contribution in [-0.4, -0.2) is 15.0 Å². The summed E-state index contributed by atoms with van der Waals surface area (Å²) in [7, 11) is 0. The molecular weight excluding hydrogens is 314 g/mol. The van der Waals surface area contributed by atoms with Crippen molar-refractivity contribution in [2.24, 2.45) is 0 Å². The van der Waals surface area contributed by atoms with Crippen molar-refractivity contribution < 1.29 is 4.74 Å². The van der Waals surface area contributed by atoms with Gasteiger partial charge in [-0.05, 0) is 36.4 Å². The number of ether oxygens (including phenoxy) is 1. The lowest BCUT2D eigenvalue weighted by Crippen LogP contribution is -2.06. The highest BCUT2D eigenvalue weighted by Gasteiger charge is 2.04. The van der Waals surface area contributed by atoms with Gasteiger partial charge in [0.2, 0.25) is 11.9 Å². The van der Waals surface area contributed by atoms with Crippen LogP contribution >= 0.6 is 11.6 Å². The van der Waals surface area contributed by atoms with Gasteiger partial charge in [0, 0.05) is 5.69 Å². The Kier molecular flexibility index (Phi) is 4.54. The van der Waals surface area contributed by atoms with Gasteiger partial charge in [0.15, 0.2) is 5.82 Å². The molecular formula is C16H14ClN5O. The smallest absolute Gasteiger partial charge is 0.232 e. The molecule has 0 unspecified atom stereocenters. The van der Waals surface area contributed by atoms with Crippen molar-refractivity contribution in [3.63, 3.8) is 0 Å². The second-order valence-electron chi connectivity index (χ2n) is 4.63. The number of benzene rings is 2. The standard InChI is InChI=1S/C16H14ClN5O/c17-10-14-20-15(18)22-16(21-14)19-11-6-8-13(9-7-11)23-12-4-2-1-3-5-12/h1-9H,10H2,(H3,18,19,20,21,22). The minimum absolute atomic E-state index is 0.127. The Morgan fingerprint density at radius 3 is 2.30 bits per heavy atom. The van der Waals surface area contributed by atoms with Crippen LogP contribution in [0.15, 0.2) is 54.6 Å². The molecule has 2 aromatic carbocycles. The molecule has 0 spiro atoms. The predicted octanol–water partition coefficient (Wildman–Crippen LogP) is 3.73. The average molecular weight is 328 g/mol. The van der Waals surface area contributed by atoms with Gasteiger partial charge in [0.05, 0.1) is 5.88 Å². The third-order valence-electron chi connectivity index (χ3n) is 2.91. The lowest BCUT2D eigenvalue weighted by molar-refractivity contribution is 0.483. The topological polar surface area (TPSA) is 86.0 Å². The van der Waals surface area contributed by atoms with Crippen molar-refractivity contribution in [2.45, 2.75) is 5.88 Å². The number of rotatable bonds is 5. The summed E-state index contributed by atoms with van der Waals surface area (Å²) in [5.74, 6) is 2.59. The number of hydrogen-bond donors (Lipinski definition) is 2. The van der Waals surface area contributed by atoms with Gasteiger partial charge >= 0.3 is 0 Å². The Labute approximate surface area is 138 Å². The van der Waals surface area contributed by atoms with Crippen molar-refractivity contribution in [2.75, 3.05) is 11.1 Å². The van der Waals surface area contributed by atoms with Crippen LogP contribution in [0.25, 0.3) is 0 Å². The molecule has 3 aromatic rings. The van der Waals surface area contributed by atoms with Crippen LogP contribution in [-0.2, 0) is 5.88 Å². The number of nitrogens with one attached hydrogen (secondary N) is 1. The Morgan fingerprint density at radius 2 is 1.61 bits per heavy atom. The second kappa shape index (κ2) is 6.93. The Bertz CT molecular complexity index is 780. The van der Waals surface area contributed by atoms with Gasteiger partial charge in [-0.2, -0.15) is 15.0 Å². The zero-order chi connectivity index (χ0) is 16.1. The highest BCUT2D eigenvalue weighted by atomic mass is 35.5. The maximum atomic E-state index is 5.73. The van der Waals surface area contributed by atoms with E-state index in [1.807, 2.05) is 54.6 Å². The fourth-order valence-corrected chi connectivity index (χ4v) is 2.03. The molecule has 1 heterocycles. The van der Waals surface area contributed by atoms with Gasteiger partial charge < -0.3 is 15.8 Å². The summed E-state index contributed by atoms with van der Waals surface area (Å²) in [5.41, 5.74) is 6.42. The summed E-state index contributed by atoms with van der Waals surface area (Å²) >= 11 is 5.72. The number of anilines is 3. The molecule has 23 heavy (non-hydrogen) atoms. The first-order valence-corrected chi connectivity index (χ1v) is 7.43. The van der Waals surface area contributed by atoms with Crippen LogP contribution in [0.4, 0.5) is 17.6 Å². The molecule has 0 radical (unpaired) electrons. The summed E-state index contributed by atoms with van der Waals surface area (Å²) in [5, 5.41) is 3.05. The normalized spacial score (nSPS) is 10.3. The number of alkyl halides is 1. The number of nitrogen functional groups attached to an aromatic ring is 1. The van der Waals surface area contributed by atoms with Gasteiger partial charge in [-0.1, -0.05) is 18.2 Å². The van der Waals surface area contributed by atoms with E-state index >= 15 is 0 Å². The summed E-state index contributed by atoms with van der Waals surface area (Å²) in [6.07, 6.45) is 0. The lowest BCUT2D eigenvalue weighted by Gasteiger charge is -2.08. The van der Waals surface area contributed by atoms with Crippen LogP contribution in [0.1, 0.15) is 5.82 Å². The highest BCUT2D eigenvalue weighted by molar-refractivity contribution is 6.16. The monoisotopic (exact) mass is 327 g/mol. The molecule has 0 saturated carbocycles. The van der Waals surface area contributed by atoms with Crippen molar-refractivity contribution in [3.05, 3.63) is 60.4 Å². The van der Waals surface area contributed by atoms with E-state index in [-0.39, 0.29) is 11.8 Å². The average Bonchev–Trinajstić information content (AvgIpc) is 2.57. The maximum Gasteiger partial charge on any atom is 0.232 e. The number of para-hydroxylation sites is 1. The molecule has 0 amide bonds. The van der Waals surface area contributed by atoms with Gasteiger partial charge in [-0.25, -0.2) is 0 Å². The molecule has 3 N–H and O–H groups in total. The fraction of sp³-hybridized carbons (Fsp3) is 0.0625. The number of nitrogens with two attached hydrogens (primary N) is 1. The van der Waals surface area contributed by atoms with E-state index < -0.39 is 0 Å². The number of aromatic nitrogens is 3. The first-order chi connectivity index (χ1) is 11.2. The summed E-state index contributed by atoms with van der Waals surface area (Å²) in [4.78, 5) is 12.1.